The molecule has 1 atom stereocenters. The van der Waals surface area contributed by atoms with Crippen molar-refractivity contribution in [2.24, 2.45) is 11.1 Å². The van der Waals surface area contributed by atoms with Crippen LogP contribution in [0.4, 0.5) is 0 Å². The lowest BCUT2D eigenvalue weighted by Crippen LogP contribution is -2.40. The van der Waals surface area contributed by atoms with Crippen LogP contribution in [-0.4, -0.2) is 29.7 Å². The number of rotatable bonds is 7. The van der Waals surface area contributed by atoms with Crippen LogP contribution in [0.15, 0.2) is 28.8 Å². The Kier molecular flexibility index (Phi) is 6.11. The van der Waals surface area contributed by atoms with Gasteiger partial charge in [0.1, 0.15) is 11.8 Å². The fourth-order valence-electron chi connectivity index (χ4n) is 3.93. The number of nitrogens with zero attached hydrogens (tertiary/aromatic N) is 2. The lowest BCUT2D eigenvalue weighted by molar-refractivity contribution is -0.124. The molecule has 0 aliphatic heterocycles. The number of methoxy groups -OCH3 is 1. The zero-order valence-electron chi connectivity index (χ0n) is 16.0. The zero-order chi connectivity index (χ0) is 19.3. The van der Waals surface area contributed by atoms with Crippen molar-refractivity contribution < 1.29 is 14.1 Å². The summed E-state index contributed by atoms with van der Waals surface area (Å²) in [4.78, 5) is 17.3. The fraction of sp³-hybridized carbons (Fsp3) is 0.550. The van der Waals surface area contributed by atoms with Crippen LogP contribution >= 0.6 is 0 Å². The number of nitrogens with one attached hydrogen (secondary N) is 1. The summed E-state index contributed by atoms with van der Waals surface area (Å²) in [5, 5.41) is 7.11. The van der Waals surface area contributed by atoms with Crippen molar-refractivity contribution in [1.82, 2.24) is 15.5 Å². The highest BCUT2D eigenvalue weighted by Gasteiger charge is 2.34. The van der Waals surface area contributed by atoms with Crippen LogP contribution in [0, 0.1) is 12.3 Å². The molecule has 7 nitrogen and oxygen atoms in total. The van der Waals surface area contributed by atoms with Crippen LogP contribution in [0.25, 0.3) is 0 Å². The number of benzene rings is 1. The largest absolute Gasteiger partial charge is 0.496 e. The number of ether oxygens (including phenoxy) is 1. The summed E-state index contributed by atoms with van der Waals surface area (Å²) in [6.07, 6.45) is 5.88. The summed E-state index contributed by atoms with van der Waals surface area (Å²) in [5.41, 5.74) is 6.73. The van der Waals surface area contributed by atoms with Gasteiger partial charge >= 0.3 is 0 Å². The quantitative estimate of drug-likeness (QED) is 0.774. The minimum absolute atomic E-state index is 0.0549. The van der Waals surface area contributed by atoms with E-state index in [0.717, 1.165) is 31.2 Å². The molecule has 0 spiro atoms. The van der Waals surface area contributed by atoms with Crippen molar-refractivity contribution in [1.29, 1.82) is 0 Å². The number of hydrogen-bond donors (Lipinski definition) is 2. The van der Waals surface area contributed by atoms with E-state index >= 15 is 0 Å². The molecule has 1 aromatic carbocycles. The van der Waals surface area contributed by atoms with Crippen LogP contribution in [-0.2, 0) is 4.79 Å². The molecule has 1 aromatic heterocycles. The Labute approximate surface area is 159 Å². The Hall–Kier alpha value is -2.41. The van der Waals surface area contributed by atoms with Gasteiger partial charge in [-0.05, 0) is 30.9 Å². The summed E-state index contributed by atoms with van der Waals surface area (Å²) in [6.45, 7) is 2.25. The lowest BCUT2D eigenvalue weighted by Gasteiger charge is -2.36. The Balaban J connectivity index is 1.84. The third kappa shape index (κ3) is 4.47. The number of aryl methyl sites for hydroxylation is 1. The summed E-state index contributed by atoms with van der Waals surface area (Å²) < 4.78 is 10.6. The highest BCUT2D eigenvalue weighted by Crippen LogP contribution is 2.38. The first-order valence-corrected chi connectivity index (χ1v) is 9.49. The molecular formula is C20H28N4O3. The summed E-state index contributed by atoms with van der Waals surface area (Å²) in [7, 11) is 1.60. The first-order valence-electron chi connectivity index (χ1n) is 9.49. The molecule has 1 unspecified atom stereocenters. The summed E-state index contributed by atoms with van der Waals surface area (Å²) >= 11 is 0. The molecule has 1 aliphatic rings. The molecular weight excluding hydrogens is 344 g/mol. The summed E-state index contributed by atoms with van der Waals surface area (Å²) in [5.74, 6) is 1.47. The van der Waals surface area contributed by atoms with Gasteiger partial charge in [-0.2, -0.15) is 4.98 Å². The smallest absolute Gasteiger partial charge is 0.223 e. The molecule has 1 saturated carbocycles. The summed E-state index contributed by atoms with van der Waals surface area (Å²) in [6, 6.07) is 6.99. The normalized spacial score (nSPS) is 17.3. The number of amides is 1. The predicted octanol–water partition coefficient (Wildman–Crippen LogP) is 2.89. The number of carbonyl (C=O) groups is 1. The van der Waals surface area contributed by atoms with E-state index < -0.39 is 6.04 Å². The maximum Gasteiger partial charge on any atom is 0.223 e. The van der Waals surface area contributed by atoms with E-state index in [0.29, 0.717) is 30.4 Å². The molecule has 2 aromatic rings. The van der Waals surface area contributed by atoms with Crippen LogP contribution in [0.5, 0.6) is 5.75 Å². The average molecular weight is 372 g/mol. The number of aromatic nitrogens is 2. The van der Waals surface area contributed by atoms with Crippen molar-refractivity contribution in [3.8, 4) is 5.75 Å². The van der Waals surface area contributed by atoms with Gasteiger partial charge in [0, 0.05) is 18.9 Å². The van der Waals surface area contributed by atoms with E-state index in [1.807, 2.05) is 24.3 Å². The second-order valence-corrected chi connectivity index (χ2v) is 7.36. The number of carbonyl (C=O) groups excluding carboxylic acids is 1. The Morgan fingerprint density at radius 3 is 2.70 bits per heavy atom. The molecule has 1 amide bonds. The standard InChI is InChI=1S/C20H28N4O3/c1-14-22-19(24-27-14)18(15-8-4-5-9-16(15)26-2)23-17(25)12-20(13-21)10-6-3-7-11-20/h4-5,8-9,18H,3,6-7,10-13,21H2,1-2H3,(H,23,25). The van der Waals surface area contributed by atoms with E-state index in [1.54, 1.807) is 14.0 Å². The molecule has 27 heavy (non-hydrogen) atoms. The van der Waals surface area contributed by atoms with Crippen LogP contribution < -0.4 is 15.8 Å². The fourth-order valence-corrected chi connectivity index (χ4v) is 3.93. The molecule has 0 bridgehead atoms. The molecule has 7 heteroatoms. The van der Waals surface area contributed by atoms with E-state index in [1.165, 1.54) is 6.42 Å². The van der Waals surface area contributed by atoms with Crippen molar-refractivity contribution in [2.75, 3.05) is 13.7 Å². The van der Waals surface area contributed by atoms with E-state index in [4.69, 9.17) is 15.0 Å². The van der Waals surface area contributed by atoms with Gasteiger partial charge in [-0.1, -0.05) is 42.6 Å². The van der Waals surface area contributed by atoms with E-state index in [-0.39, 0.29) is 11.3 Å². The van der Waals surface area contributed by atoms with Crippen molar-refractivity contribution in [3.63, 3.8) is 0 Å². The van der Waals surface area contributed by atoms with Crippen LogP contribution in [0.3, 0.4) is 0 Å². The van der Waals surface area contributed by atoms with Gasteiger partial charge in [0.2, 0.25) is 11.8 Å². The second-order valence-electron chi connectivity index (χ2n) is 7.36. The number of hydrogen-bond acceptors (Lipinski definition) is 6. The first kappa shape index (κ1) is 19.4. The van der Waals surface area contributed by atoms with Crippen molar-refractivity contribution in [2.45, 2.75) is 51.5 Å². The molecule has 0 saturated heterocycles. The number of para-hydroxylation sites is 1. The van der Waals surface area contributed by atoms with E-state index in [2.05, 4.69) is 15.5 Å². The third-order valence-electron chi connectivity index (χ3n) is 5.44. The highest BCUT2D eigenvalue weighted by molar-refractivity contribution is 5.77. The maximum atomic E-state index is 12.9. The number of nitrogens with two attached hydrogens (primary N) is 1. The van der Waals surface area contributed by atoms with Gasteiger partial charge < -0.3 is 20.3 Å². The molecule has 0 radical (unpaired) electrons. The van der Waals surface area contributed by atoms with E-state index in [9.17, 15) is 4.79 Å². The predicted molar refractivity (Wildman–Crippen MR) is 101 cm³/mol. The Morgan fingerprint density at radius 2 is 2.07 bits per heavy atom. The molecule has 3 rings (SSSR count). The minimum atomic E-state index is -0.537. The van der Waals surface area contributed by atoms with Crippen LogP contribution in [0.2, 0.25) is 0 Å². The van der Waals surface area contributed by atoms with Gasteiger partial charge in [0.15, 0.2) is 5.82 Å². The molecule has 1 heterocycles. The average Bonchev–Trinajstić information content (AvgIpc) is 3.13. The van der Waals surface area contributed by atoms with Gasteiger partial charge in [0.25, 0.3) is 0 Å². The topological polar surface area (TPSA) is 103 Å². The van der Waals surface area contributed by atoms with Gasteiger partial charge in [-0.3, -0.25) is 4.79 Å². The van der Waals surface area contributed by atoms with Gasteiger partial charge in [-0.15, -0.1) is 0 Å². The van der Waals surface area contributed by atoms with Crippen molar-refractivity contribution in [3.05, 3.63) is 41.5 Å². The Bertz CT molecular complexity index is 768. The van der Waals surface area contributed by atoms with Crippen LogP contribution in [0.1, 0.15) is 61.8 Å². The monoisotopic (exact) mass is 372 g/mol. The van der Waals surface area contributed by atoms with Crippen molar-refractivity contribution >= 4 is 5.91 Å². The zero-order valence-corrected chi connectivity index (χ0v) is 16.0. The van der Waals surface area contributed by atoms with Gasteiger partial charge in [-0.25, -0.2) is 0 Å². The SMILES string of the molecule is COc1ccccc1C(NC(=O)CC1(CN)CCCCC1)c1noc(C)n1. The molecule has 1 aliphatic carbocycles. The molecule has 3 N–H and O–H groups in total. The second kappa shape index (κ2) is 8.52. The highest BCUT2D eigenvalue weighted by atomic mass is 16.5. The Morgan fingerprint density at radius 1 is 1.33 bits per heavy atom. The maximum absolute atomic E-state index is 12.9. The third-order valence-corrected chi connectivity index (χ3v) is 5.44. The molecule has 1 fully saturated rings. The molecule has 146 valence electrons. The lowest BCUT2D eigenvalue weighted by atomic mass is 9.71. The minimum Gasteiger partial charge on any atom is -0.496 e. The first-order chi connectivity index (χ1) is 13.1. The van der Waals surface area contributed by atoms with Gasteiger partial charge in [0.05, 0.1) is 7.11 Å².